The highest BCUT2D eigenvalue weighted by Gasteiger charge is 2.33. The molecule has 0 atom stereocenters. The molecule has 2 rings (SSSR count). The van der Waals surface area contributed by atoms with Crippen molar-refractivity contribution in [3.8, 4) is 0 Å². The maximum atomic E-state index is 12.1. The number of aryl methyl sites for hydroxylation is 1. The first kappa shape index (κ1) is 12.8. The molecule has 0 spiro atoms. The normalized spacial score (nSPS) is 18.8. The van der Waals surface area contributed by atoms with Gasteiger partial charge in [-0.2, -0.15) is 0 Å². The minimum absolute atomic E-state index is 0.0304. The second-order valence-corrected chi connectivity index (χ2v) is 6.74. The third-order valence-electron chi connectivity index (χ3n) is 2.50. The fraction of sp³-hybridized carbons (Fsp3) is 0.333. The van der Waals surface area contributed by atoms with Gasteiger partial charge in [-0.1, -0.05) is 24.0 Å². The number of carbonyl (C=O) groups is 1. The van der Waals surface area contributed by atoms with E-state index in [0.717, 1.165) is 9.78 Å². The van der Waals surface area contributed by atoms with Gasteiger partial charge in [-0.15, -0.1) is 11.3 Å². The van der Waals surface area contributed by atoms with Gasteiger partial charge in [0.15, 0.2) is 0 Å². The van der Waals surface area contributed by atoms with Crippen molar-refractivity contribution in [3.63, 3.8) is 0 Å². The van der Waals surface area contributed by atoms with E-state index in [2.05, 4.69) is 6.07 Å². The van der Waals surface area contributed by atoms with Crippen LogP contribution >= 0.6 is 35.3 Å². The van der Waals surface area contributed by atoms with E-state index in [1.54, 1.807) is 16.2 Å². The van der Waals surface area contributed by atoms with E-state index in [9.17, 15) is 4.79 Å². The van der Waals surface area contributed by atoms with Crippen LogP contribution in [0.1, 0.15) is 24.3 Å². The molecule has 1 saturated heterocycles. The number of carbonyl (C=O) groups excluding carboxylic acids is 1. The summed E-state index contributed by atoms with van der Waals surface area (Å²) in [5, 5.41) is 2.03. The Hall–Kier alpha value is -0.650. The molecule has 0 saturated carbocycles. The lowest BCUT2D eigenvalue weighted by molar-refractivity contribution is -0.123. The first-order valence-electron chi connectivity index (χ1n) is 5.32. The molecule has 0 aliphatic carbocycles. The van der Waals surface area contributed by atoms with E-state index >= 15 is 0 Å². The molecule has 0 N–H and O–H groups in total. The maximum Gasteiger partial charge on any atom is 0.266 e. The highest BCUT2D eigenvalue weighted by atomic mass is 32.2. The van der Waals surface area contributed by atoms with Gasteiger partial charge < -0.3 is 0 Å². The molecule has 1 aromatic rings. The van der Waals surface area contributed by atoms with Gasteiger partial charge in [-0.25, -0.2) is 0 Å². The van der Waals surface area contributed by atoms with Gasteiger partial charge in [0, 0.05) is 10.9 Å². The van der Waals surface area contributed by atoms with Crippen molar-refractivity contribution in [2.75, 3.05) is 0 Å². The summed E-state index contributed by atoms with van der Waals surface area (Å²) < 4.78 is 0.658. The summed E-state index contributed by atoms with van der Waals surface area (Å²) in [5.74, 6) is 0.0304. The van der Waals surface area contributed by atoms with Crippen molar-refractivity contribution in [3.05, 3.63) is 26.8 Å². The van der Waals surface area contributed by atoms with E-state index in [-0.39, 0.29) is 11.9 Å². The van der Waals surface area contributed by atoms with Gasteiger partial charge in [0.25, 0.3) is 5.91 Å². The van der Waals surface area contributed by atoms with Gasteiger partial charge >= 0.3 is 0 Å². The molecule has 0 radical (unpaired) electrons. The Morgan fingerprint density at radius 2 is 2.18 bits per heavy atom. The molecule has 0 bridgehead atoms. The second kappa shape index (κ2) is 4.92. The summed E-state index contributed by atoms with van der Waals surface area (Å²) in [6, 6.07) is 2.18. The minimum Gasteiger partial charge on any atom is -0.290 e. The van der Waals surface area contributed by atoms with Gasteiger partial charge in [0.2, 0.25) is 0 Å². The molecule has 1 amide bonds. The molecule has 90 valence electrons. The van der Waals surface area contributed by atoms with Crippen molar-refractivity contribution < 1.29 is 4.79 Å². The summed E-state index contributed by atoms with van der Waals surface area (Å²) in [6.07, 6.45) is 1.95. The zero-order chi connectivity index (χ0) is 12.6. The first-order valence-corrected chi connectivity index (χ1v) is 7.42. The Bertz CT molecular complexity index is 502. The standard InChI is InChI=1S/C12H13NOS3/c1-7(2)13-11(14)10(17-12(13)15)6-9-8(3)4-5-16-9/h4-7H,1-3H3. The number of rotatable bonds is 2. The van der Waals surface area contributed by atoms with Crippen LogP contribution in [0.25, 0.3) is 6.08 Å². The third-order valence-corrected chi connectivity index (χ3v) is 4.80. The lowest BCUT2D eigenvalue weighted by Gasteiger charge is -2.18. The summed E-state index contributed by atoms with van der Waals surface area (Å²) in [6.45, 7) is 6.00. The Kier molecular flexibility index (Phi) is 3.70. The van der Waals surface area contributed by atoms with Gasteiger partial charge in [0.1, 0.15) is 4.32 Å². The van der Waals surface area contributed by atoms with E-state index in [4.69, 9.17) is 12.2 Å². The summed E-state index contributed by atoms with van der Waals surface area (Å²) >= 11 is 8.27. The SMILES string of the molecule is Cc1ccsc1C=C1SC(=S)N(C(C)C)C1=O. The molecule has 0 unspecified atom stereocenters. The number of nitrogens with zero attached hydrogens (tertiary/aromatic N) is 1. The average molecular weight is 283 g/mol. The zero-order valence-corrected chi connectivity index (χ0v) is 12.3. The number of thiocarbonyl (C=S) groups is 1. The molecule has 0 aromatic carbocycles. The number of amides is 1. The van der Waals surface area contributed by atoms with Gasteiger partial charge in [-0.05, 0) is 43.9 Å². The van der Waals surface area contributed by atoms with Crippen LogP contribution in [0.5, 0.6) is 0 Å². The fourth-order valence-electron chi connectivity index (χ4n) is 1.58. The van der Waals surface area contributed by atoms with Crippen LogP contribution in [-0.4, -0.2) is 21.2 Å². The predicted octanol–water partition coefficient (Wildman–Crippen LogP) is 3.67. The largest absolute Gasteiger partial charge is 0.290 e. The number of hydrogen-bond donors (Lipinski definition) is 0. The average Bonchev–Trinajstić information content (AvgIpc) is 2.73. The van der Waals surface area contributed by atoms with Crippen LogP contribution in [0.2, 0.25) is 0 Å². The van der Waals surface area contributed by atoms with E-state index in [1.165, 1.54) is 17.3 Å². The van der Waals surface area contributed by atoms with Crippen molar-refractivity contribution in [2.45, 2.75) is 26.8 Å². The van der Waals surface area contributed by atoms with Gasteiger partial charge in [-0.3, -0.25) is 9.69 Å². The van der Waals surface area contributed by atoms with Crippen molar-refractivity contribution >= 4 is 51.6 Å². The molecule has 1 fully saturated rings. The molecule has 1 aliphatic rings. The molecular formula is C12H13NOS3. The molecule has 1 aromatic heterocycles. The van der Waals surface area contributed by atoms with Crippen molar-refractivity contribution in [1.29, 1.82) is 0 Å². The topological polar surface area (TPSA) is 20.3 Å². The number of thiophene rings is 1. The number of thioether (sulfide) groups is 1. The maximum absolute atomic E-state index is 12.1. The number of hydrogen-bond acceptors (Lipinski definition) is 4. The molecule has 2 heterocycles. The Balaban J connectivity index is 2.31. The molecule has 17 heavy (non-hydrogen) atoms. The quantitative estimate of drug-likeness (QED) is 0.610. The van der Waals surface area contributed by atoms with Crippen LogP contribution in [0, 0.1) is 6.92 Å². The molecule has 5 heteroatoms. The fourth-order valence-corrected chi connectivity index (χ4v) is 4.02. The van der Waals surface area contributed by atoms with E-state index in [0.29, 0.717) is 4.32 Å². The zero-order valence-electron chi connectivity index (χ0n) is 9.89. The van der Waals surface area contributed by atoms with E-state index < -0.39 is 0 Å². The first-order chi connectivity index (χ1) is 8.00. The highest BCUT2D eigenvalue weighted by molar-refractivity contribution is 8.26. The Morgan fingerprint density at radius 1 is 1.47 bits per heavy atom. The van der Waals surface area contributed by atoms with Crippen LogP contribution in [0.15, 0.2) is 16.4 Å². The smallest absolute Gasteiger partial charge is 0.266 e. The second-order valence-electron chi connectivity index (χ2n) is 4.11. The highest BCUT2D eigenvalue weighted by Crippen LogP contribution is 2.35. The summed E-state index contributed by atoms with van der Waals surface area (Å²) in [7, 11) is 0. The third kappa shape index (κ3) is 2.46. The predicted molar refractivity (Wildman–Crippen MR) is 79.2 cm³/mol. The Labute approximate surface area is 115 Å². The monoisotopic (exact) mass is 283 g/mol. The van der Waals surface area contributed by atoms with Gasteiger partial charge in [0.05, 0.1) is 4.91 Å². The van der Waals surface area contributed by atoms with Crippen LogP contribution in [0.3, 0.4) is 0 Å². The molecule has 1 aliphatic heterocycles. The van der Waals surface area contributed by atoms with Crippen LogP contribution in [0.4, 0.5) is 0 Å². The van der Waals surface area contributed by atoms with Crippen molar-refractivity contribution in [2.24, 2.45) is 0 Å². The lowest BCUT2D eigenvalue weighted by atomic mass is 10.2. The minimum atomic E-state index is 0.0304. The van der Waals surface area contributed by atoms with Crippen LogP contribution in [-0.2, 0) is 4.79 Å². The Morgan fingerprint density at radius 3 is 2.65 bits per heavy atom. The summed E-state index contributed by atoms with van der Waals surface area (Å²) in [5.41, 5.74) is 1.20. The lowest BCUT2D eigenvalue weighted by Crippen LogP contribution is -2.34. The van der Waals surface area contributed by atoms with Crippen molar-refractivity contribution in [1.82, 2.24) is 4.90 Å². The molecular weight excluding hydrogens is 270 g/mol. The van der Waals surface area contributed by atoms with Crippen LogP contribution < -0.4 is 0 Å². The molecule has 2 nitrogen and oxygen atoms in total. The summed E-state index contributed by atoms with van der Waals surface area (Å²) in [4.78, 5) is 15.7. The van der Waals surface area contributed by atoms with E-state index in [1.807, 2.05) is 32.2 Å².